The van der Waals surface area contributed by atoms with E-state index in [0.29, 0.717) is 5.02 Å². The number of rotatable bonds is 3. The van der Waals surface area contributed by atoms with Gasteiger partial charge in [0.1, 0.15) is 12.0 Å². The Kier molecular flexibility index (Phi) is 3.31. The summed E-state index contributed by atoms with van der Waals surface area (Å²) in [6.07, 6.45) is 3.12. The van der Waals surface area contributed by atoms with E-state index in [1.54, 1.807) is 17.1 Å². The van der Waals surface area contributed by atoms with Gasteiger partial charge in [0.2, 0.25) is 6.23 Å². The van der Waals surface area contributed by atoms with Gasteiger partial charge in [-0.2, -0.15) is 5.10 Å². The largest absolute Gasteiger partial charge is 0.471 e. The molecule has 2 atom stereocenters. The van der Waals surface area contributed by atoms with Crippen LogP contribution in [0.5, 0.6) is 0 Å². The predicted octanol–water partition coefficient (Wildman–Crippen LogP) is 1.79. The fourth-order valence-corrected chi connectivity index (χ4v) is 2.17. The molecule has 0 aliphatic carbocycles. The molecule has 0 saturated carbocycles. The van der Waals surface area contributed by atoms with Crippen LogP contribution < -0.4 is 5.32 Å². The number of nitrogens with one attached hydrogen (secondary N) is 1. The van der Waals surface area contributed by atoms with Gasteiger partial charge in [0, 0.05) is 13.2 Å². The average molecular weight is 257 g/mol. The Morgan fingerprint density at radius 2 is 2.29 bits per heavy atom. The smallest absolute Gasteiger partial charge is 0.213 e. The Morgan fingerprint density at radius 1 is 1.59 bits per heavy atom. The van der Waals surface area contributed by atoms with Gasteiger partial charge in [-0.1, -0.05) is 11.6 Å². The highest BCUT2D eigenvalue weighted by molar-refractivity contribution is 6.32. The number of nitrogens with zero attached hydrogens (tertiary/aromatic N) is 3. The molecule has 1 aliphatic rings. The summed E-state index contributed by atoms with van der Waals surface area (Å²) in [4.78, 5) is 2.07. The van der Waals surface area contributed by atoms with Gasteiger partial charge in [-0.3, -0.25) is 4.68 Å². The van der Waals surface area contributed by atoms with Crippen LogP contribution in [-0.2, 0) is 11.8 Å². The molecular formula is C11H17ClN4O. The first-order valence-corrected chi connectivity index (χ1v) is 5.85. The summed E-state index contributed by atoms with van der Waals surface area (Å²) in [6.45, 7) is 2.07. The Bertz CT molecular complexity index is 433. The molecule has 94 valence electrons. The van der Waals surface area contributed by atoms with Crippen molar-refractivity contribution in [2.45, 2.75) is 19.2 Å². The van der Waals surface area contributed by atoms with Crippen LogP contribution in [0.1, 0.15) is 30.6 Å². The van der Waals surface area contributed by atoms with Gasteiger partial charge in [0.05, 0.1) is 16.8 Å². The van der Waals surface area contributed by atoms with E-state index in [1.165, 1.54) is 0 Å². The van der Waals surface area contributed by atoms with Gasteiger partial charge in [-0.15, -0.1) is 0 Å². The molecule has 2 rings (SSSR count). The second-order valence-electron chi connectivity index (χ2n) is 4.33. The molecule has 0 spiro atoms. The maximum atomic E-state index is 6.39. The minimum Gasteiger partial charge on any atom is -0.471 e. The predicted molar refractivity (Wildman–Crippen MR) is 66.4 cm³/mol. The molecule has 0 fully saturated rings. The van der Waals surface area contributed by atoms with Crippen molar-refractivity contribution >= 4 is 11.6 Å². The topological polar surface area (TPSA) is 42.3 Å². The monoisotopic (exact) mass is 256 g/mol. The van der Waals surface area contributed by atoms with Gasteiger partial charge in [0.15, 0.2) is 0 Å². The molecule has 6 heteroatoms. The van der Waals surface area contributed by atoms with Crippen LogP contribution in [0.4, 0.5) is 0 Å². The van der Waals surface area contributed by atoms with Gasteiger partial charge < -0.3 is 15.0 Å². The standard InChI is InChI=1S/C11H17ClN4O/c1-7(15(2)3)9-8(12)10(16(4)14-9)11-13-5-6-17-11/h5-7,11,13H,1-4H3. The van der Waals surface area contributed by atoms with Gasteiger partial charge >= 0.3 is 0 Å². The van der Waals surface area contributed by atoms with E-state index in [-0.39, 0.29) is 12.3 Å². The summed E-state index contributed by atoms with van der Waals surface area (Å²) >= 11 is 6.39. The highest BCUT2D eigenvalue weighted by Gasteiger charge is 2.27. The van der Waals surface area contributed by atoms with Crippen molar-refractivity contribution in [3.05, 3.63) is 28.9 Å². The first-order valence-electron chi connectivity index (χ1n) is 5.47. The maximum absolute atomic E-state index is 6.39. The molecule has 0 amide bonds. The zero-order chi connectivity index (χ0) is 12.6. The summed E-state index contributed by atoms with van der Waals surface area (Å²) in [5.74, 6) is 0. The fraction of sp³-hybridized carbons (Fsp3) is 0.545. The van der Waals surface area contributed by atoms with Crippen LogP contribution in [-0.4, -0.2) is 28.8 Å². The van der Waals surface area contributed by atoms with Crippen LogP contribution in [0.15, 0.2) is 12.5 Å². The minimum atomic E-state index is -0.247. The van der Waals surface area contributed by atoms with Crippen molar-refractivity contribution in [1.82, 2.24) is 20.0 Å². The maximum Gasteiger partial charge on any atom is 0.213 e. The van der Waals surface area contributed by atoms with E-state index >= 15 is 0 Å². The molecule has 0 bridgehead atoms. The molecule has 2 heterocycles. The molecule has 5 nitrogen and oxygen atoms in total. The van der Waals surface area contributed by atoms with E-state index in [0.717, 1.165) is 11.4 Å². The van der Waals surface area contributed by atoms with Crippen LogP contribution in [0, 0.1) is 0 Å². The van der Waals surface area contributed by atoms with Gasteiger partial charge in [0.25, 0.3) is 0 Å². The highest BCUT2D eigenvalue weighted by atomic mass is 35.5. The highest BCUT2D eigenvalue weighted by Crippen LogP contribution is 2.32. The normalized spacial score (nSPS) is 20.5. The molecule has 0 radical (unpaired) electrons. The van der Waals surface area contributed by atoms with E-state index < -0.39 is 0 Å². The molecule has 2 unspecified atom stereocenters. The summed E-state index contributed by atoms with van der Waals surface area (Å²) in [5.41, 5.74) is 1.71. The van der Waals surface area contributed by atoms with Crippen LogP contribution in [0.3, 0.4) is 0 Å². The summed E-state index contributed by atoms with van der Waals surface area (Å²) < 4.78 is 7.17. The summed E-state index contributed by atoms with van der Waals surface area (Å²) in [6, 6.07) is 0.164. The second-order valence-corrected chi connectivity index (χ2v) is 4.71. The summed E-state index contributed by atoms with van der Waals surface area (Å²) in [7, 11) is 5.87. The van der Waals surface area contributed by atoms with E-state index in [4.69, 9.17) is 16.3 Å². The molecule has 1 aromatic rings. The number of aromatic nitrogens is 2. The number of halogens is 1. The lowest BCUT2D eigenvalue weighted by molar-refractivity contribution is 0.146. The third-order valence-electron chi connectivity index (χ3n) is 3.01. The number of hydrogen-bond acceptors (Lipinski definition) is 4. The minimum absolute atomic E-state index is 0.164. The Morgan fingerprint density at radius 3 is 2.82 bits per heavy atom. The zero-order valence-corrected chi connectivity index (χ0v) is 11.2. The Hall–Kier alpha value is -1.20. The molecule has 0 saturated heterocycles. The van der Waals surface area contributed by atoms with E-state index in [9.17, 15) is 0 Å². The molecule has 1 aromatic heterocycles. The van der Waals surface area contributed by atoms with Gasteiger partial charge in [-0.05, 0) is 21.0 Å². The molecule has 1 aliphatic heterocycles. The van der Waals surface area contributed by atoms with Crippen LogP contribution in [0.2, 0.25) is 5.02 Å². The lowest BCUT2D eigenvalue weighted by atomic mass is 10.2. The SMILES string of the molecule is CC(c1nn(C)c(C2NC=CO2)c1Cl)N(C)C. The van der Waals surface area contributed by atoms with Crippen LogP contribution >= 0.6 is 11.6 Å². The van der Waals surface area contributed by atoms with Gasteiger partial charge in [-0.25, -0.2) is 0 Å². The van der Waals surface area contributed by atoms with Crippen molar-refractivity contribution < 1.29 is 4.74 Å². The van der Waals surface area contributed by atoms with E-state index in [1.807, 2.05) is 21.1 Å². The molecular weight excluding hydrogens is 240 g/mol. The Labute approximate surface area is 106 Å². The number of ether oxygens (including phenoxy) is 1. The average Bonchev–Trinajstić information content (AvgIpc) is 2.85. The first kappa shape index (κ1) is 12.3. The van der Waals surface area contributed by atoms with Crippen molar-refractivity contribution in [2.24, 2.45) is 7.05 Å². The molecule has 17 heavy (non-hydrogen) atoms. The van der Waals surface area contributed by atoms with Crippen molar-refractivity contribution in [1.29, 1.82) is 0 Å². The summed E-state index contributed by atoms with van der Waals surface area (Å²) in [5, 5.41) is 8.21. The first-order chi connectivity index (χ1) is 8.02. The Balaban J connectivity index is 2.35. The zero-order valence-electron chi connectivity index (χ0n) is 10.4. The number of aryl methyl sites for hydroxylation is 1. The molecule has 0 aromatic carbocycles. The van der Waals surface area contributed by atoms with Crippen molar-refractivity contribution in [2.75, 3.05) is 14.1 Å². The lowest BCUT2D eigenvalue weighted by Crippen LogP contribution is -2.17. The second kappa shape index (κ2) is 4.58. The van der Waals surface area contributed by atoms with E-state index in [2.05, 4.69) is 22.2 Å². The third kappa shape index (κ3) is 2.12. The number of hydrogen-bond donors (Lipinski definition) is 1. The quantitative estimate of drug-likeness (QED) is 0.895. The third-order valence-corrected chi connectivity index (χ3v) is 3.39. The van der Waals surface area contributed by atoms with Crippen molar-refractivity contribution in [3.8, 4) is 0 Å². The lowest BCUT2D eigenvalue weighted by Gasteiger charge is -2.17. The molecule has 1 N–H and O–H groups in total. The van der Waals surface area contributed by atoms with Crippen molar-refractivity contribution in [3.63, 3.8) is 0 Å². The van der Waals surface area contributed by atoms with Crippen LogP contribution in [0.25, 0.3) is 0 Å². The fourth-order valence-electron chi connectivity index (χ4n) is 1.76.